The van der Waals surface area contributed by atoms with Crippen LogP contribution < -0.4 is 4.72 Å². The predicted molar refractivity (Wildman–Crippen MR) is 65.6 cm³/mol. The summed E-state index contributed by atoms with van der Waals surface area (Å²) in [5, 5.41) is 0.0747. The minimum atomic E-state index is -3.51. The average molecular weight is 274 g/mol. The molecule has 2 rings (SSSR count). The van der Waals surface area contributed by atoms with E-state index >= 15 is 0 Å². The van der Waals surface area contributed by atoms with Crippen LogP contribution in [-0.4, -0.2) is 62.2 Å². The Balaban J connectivity index is 1.88. The number of hydrogen-bond acceptors (Lipinski definition) is 5. The molecule has 2 N–H and O–H groups in total. The molecule has 1 atom stereocenters. The van der Waals surface area contributed by atoms with E-state index < -0.39 is 10.0 Å². The lowest BCUT2D eigenvalue weighted by Crippen LogP contribution is -2.47. The van der Waals surface area contributed by atoms with Gasteiger partial charge in [-0.1, -0.05) is 6.92 Å². The van der Waals surface area contributed by atoms with Crippen molar-refractivity contribution in [1.82, 2.24) is 19.6 Å². The summed E-state index contributed by atoms with van der Waals surface area (Å²) in [5.74, 6) is 0. The molecular weight excluding hydrogens is 256 g/mol. The molecule has 1 unspecified atom stereocenters. The fraction of sp³-hybridized carbons (Fsp3) is 0.700. The second kappa shape index (κ2) is 5.79. The number of ether oxygens (including phenoxy) is 1. The number of likely N-dealkylation sites (N-methyl/N-ethyl adjacent to an activating group) is 1. The summed E-state index contributed by atoms with van der Waals surface area (Å²) in [6.07, 6.45) is 2.52. The summed E-state index contributed by atoms with van der Waals surface area (Å²) in [4.78, 5) is 8.50. The Morgan fingerprint density at radius 3 is 3.17 bits per heavy atom. The number of sulfonamides is 1. The van der Waals surface area contributed by atoms with Crippen LogP contribution in [0.3, 0.4) is 0 Å². The van der Waals surface area contributed by atoms with E-state index in [-0.39, 0.29) is 17.7 Å². The molecule has 0 spiro atoms. The summed E-state index contributed by atoms with van der Waals surface area (Å²) >= 11 is 0. The summed E-state index contributed by atoms with van der Waals surface area (Å²) in [6, 6.07) is 0. The smallest absolute Gasteiger partial charge is 0.257 e. The van der Waals surface area contributed by atoms with Crippen molar-refractivity contribution in [2.75, 3.05) is 32.8 Å². The monoisotopic (exact) mass is 274 g/mol. The standard InChI is InChI=1S/C10H18N4O3S/c1-2-14-3-4-17-9(7-14)5-13-18(15,16)10-6-11-8-12-10/h6,8-9,13H,2-5,7H2,1H3,(H,11,12). The van der Waals surface area contributed by atoms with Gasteiger partial charge in [0.15, 0.2) is 5.03 Å². The summed E-state index contributed by atoms with van der Waals surface area (Å²) < 4.78 is 31.7. The van der Waals surface area contributed by atoms with Gasteiger partial charge in [-0.3, -0.25) is 4.90 Å². The van der Waals surface area contributed by atoms with Crippen LogP contribution in [0.4, 0.5) is 0 Å². The van der Waals surface area contributed by atoms with Crippen LogP contribution in [0, 0.1) is 0 Å². The number of aromatic nitrogens is 2. The van der Waals surface area contributed by atoms with Crippen molar-refractivity contribution in [3.8, 4) is 0 Å². The fourth-order valence-corrected chi connectivity index (χ4v) is 2.83. The van der Waals surface area contributed by atoms with E-state index in [9.17, 15) is 8.42 Å². The summed E-state index contributed by atoms with van der Waals surface area (Å²) in [5.41, 5.74) is 0. The maximum Gasteiger partial charge on any atom is 0.257 e. The van der Waals surface area contributed by atoms with Gasteiger partial charge in [0.2, 0.25) is 0 Å². The third-order valence-corrected chi connectivity index (χ3v) is 4.28. The average Bonchev–Trinajstić information content (AvgIpc) is 2.91. The Bertz CT molecular complexity index is 459. The number of aromatic amines is 1. The maximum atomic E-state index is 11.8. The highest BCUT2D eigenvalue weighted by atomic mass is 32.2. The predicted octanol–water partition coefficient (Wildman–Crippen LogP) is -0.591. The van der Waals surface area contributed by atoms with Crippen molar-refractivity contribution in [2.24, 2.45) is 0 Å². The molecule has 1 aliphatic heterocycles. The Morgan fingerprint density at radius 2 is 2.50 bits per heavy atom. The van der Waals surface area contributed by atoms with Crippen molar-refractivity contribution in [3.05, 3.63) is 12.5 Å². The van der Waals surface area contributed by atoms with E-state index in [2.05, 4.69) is 26.5 Å². The van der Waals surface area contributed by atoms with E-state index in [0.717, 1.165) is 19.6 Å². The third kappa shape index (κ3) is 3.29. The maximum absolute atomic E-state index is 11.8. The molecule has 1 aliphatic rings. The number of nitrogens with zero attached hydrogens (tertiary/aromatic N) is 2. The molecule has 0 aromatic carbocycles. The number of H-pyrrole nitrogens is 1. The molecule has 0 aliphatic carbocycles. The minimum absolute atomic E-state index is 0.0747. The van der Waals surface area contributed by atoms with Gasteiger partial charge in [0.25, 0.3) is 10.0 Å². The highest BCUT2D eigenvalue weighted by Gasteiger charge is 2.22. The van der Waals surface area contributed by atoms with Gasteiger partial charge in [0, 0.05) is 19.6 Å². The topological polar surface area (TPSA) is 87.3 Å². The van der Waals surface area contributed by atoms with Gasteiger partial charge >= 0.3 is 0 Å². The molecule has 2 heterocycles. The second-order valence-corrected chi connectivity index (χ2v) is 5.89. The van der Waals surface area contributed by atoms with Gasteiger partial charge in [-0.2, -0.15) is 0 Å². The van der Waals surface area contributed by atoms with Crippen molar-refractivity contribution >= 4 is 10.0 Å². The zero-order chi connectivity index (χ0) is 13.0. The molecule has 1 saturated heterocycles. The van der Waals surface area contributed by atoms with Gasteiger partial charge in [0.1, 0.15) is 0 Å². The molecular formula is C10H18N4O3S. The molecule has 8 heteroatoms. The van der Waals surface area contributed by atoms with Gasteiger partial charge in [-0.25, -0.2) is 18.1 Å². The first-order valence-corrected chi connectivity index (χ1v) is 7.42. The number of morpholine rings is 1. The van der Waals surface area contributed by atoms with Crippen LogP contribution in [-0.2, 0) is 14.8 Å². The number of imidazole rings is 1. The molecule has 0 bridgehead atoms. The van der Waals surface area contributed by atoms with Crippen LogP contribution in [0.1, 0.15) is 6.92 Å². The van der Waals surface area contributed by atoms with E-state index in [1.165, 1.54) is 12.5 Å². The lowest BCUT2D eigenvalue weighted by molar-refractivity contribution is -0.0229. The largest absolute Gasteiger partial charge is 0.374 e. The molecule has 7 nitrogen and oxygen atoms in total. The van der Waals surface area contributed by atoms with Crippen LogP contribution in [0.2, 0.25) is 0 Å². The highest BCUT2D eigenvalue weighted by molar-refractivity contribution is 7.89. The van der Waals surface area contributed by atoms with E-state index in [1.807, 2.05) is 0 Å². The lowest BCUT2D eigenvalue weighted by atomic mass is 10.3. The van der Waals surface area contributed by atoms with Crippen molar-refractivity contribution in [2.45, 2.75) is 18.1 Å². The van der Waals surface area contributed by atoms with E-state index in [1.54, 1.807) is 0 Å². The van der Waals surface area contributed by atoms with Crippen LogP contribution in [0.25, 0.3) is 0 Å². The summed E-state index contributed by atoms with van der Waals surface area (Å²) in [6.45, 7) is 5.61. The second-order valence-electron chi connectivity index (χ2n) is 4.15. The van der Waals surface area contributed by atoms with E-state index in [4.69, 9.17) is 4.74 Å². The van der Waals surface area contributed by atoms with E-state index in [0.29, 0.717) is 6.61 Å². The molecule has 102 valence electrons. The minimum Gasteiger partial charge on any atom is -0.374 e. The zero-order valence-electron chi connectivity index (χ0n) is 10.3. The van der Waals surface area contributed by atoms with Crippen molar-refractivity contribution in [1.29, 1.82) is 0 Å². The number of rotatable bonds is 5. The molecule has 1 aromatic heterocycles. The molecule has 1 aromatic rings. The van der Waals surface area contributed by atoms with Crippen molar-refractivity contribution < 1.29 is 13.2 Å². The quantitative estimate of drug-likeness (QED) is 0.749. The Labute approximate surface area is 107 Å². The Kier molecular flexibility index (Phi) is 4.33. The summed E-state index contributed by atoms with van der Waals surface area (Å²) in [7, 11) is -3.51. The molecule has 0 radical (unpaired) electrons. The van der Waals surface area contributed by atoms with Gasteiger partial charge in [-0.05, 0) is 6.54 Å². The van der Waals surface area contributed by atoms with Crippen LogP contribution in [0.15, 0.2) is 17.6 Å². The third-order valence-electron chi connectivity index (χ3n) is 2.93. The number of nitrogens with one attached hydrogen (secondary N) is 2. The molecule has 0 saturated carbocycles. The first-order valence-electron chi connectivity index (χ1n) is 5.94. The Morgan fingerprint density at radius 1 is 1.67 bits per heavy atom. The van der Waals surface area contributed by atoms with Crippen LogP contribution in [0.5, 0.6) is 0 Å². The first kappa shape index (κ1) is 13.5. The normalized spacial score (nSPS) is 22.2. The highest BCUT2D eigenvalue weighted by Crippen LogP contribution is 2.06. The van der Waals surface area contributed by atoms with Gasteiger partial charge in [0.05, 0.1) is 25.2 Å². The lowest BCUT2D eigenvalue weighted by Gasteiger charge is -2.31. The SMILES string of the molecule is CCN1CCOC(CNS(=O)(=O)c2cnc[nH]2)C1. The first-order chi connectivity index (χ1) is 8.62. The molecule has 18 heavy (non-hydrogen) atoms. The van der Waals surface area contributed by atoms with Crippen LogP contribution >= 0.6 is 0 Å². The number of hydrogen-bond donors (Lipinski definition) is 2. The molecule has 1 fully saturated rings. The Hall–Kier alpha value is -0.960. The van der Waals surface area contributed by atoms with Gasteiger partial charge in [-0.15, -0.1) is 0 Å². The fourth-order valence-electron chi connectivity index (χ4n) is 1.86. The zero-order valence-corrected chi connectivity index (χ0v) is 11.1. The molecule has 0 amide bonds. The van der Waals surface area contributed by atoms with Gasteiger partial charge < -0.3 is 9.72 Å². The van der Waals surface area contributed by atoms with Crippen molar-refractivity contribution in [3.63, 3.8) is 0 Å².